The topological polar surface area (TPSA) is 63.7 Å². The van der Waals surface area contributed by atoms with Gasteiger partial charge in [-0.3, -0.25) is 4.79 Å². The molecule has 1 N–H and O–H groups in total. The van der Waals surface area contributed by atoms with Gasteiger partial charge in [-0.2, -0.15) is 0 Å². The first kappa shape index (κ1) is 15.9. The predicted octanol–water partition coefficient (Wildman–Crippen LogP) is 0.856. The van der Waals surface area contributed by atoms with Crippen LogP contribution in [0.5, 0.6) is 0 Å². The average Bonchev–Trinajstić information content (AvgIpc) is 3.20. The third-order valence-corrected chi connectivity index (χ3v) is 5.22. The zero-order valence-electron chi connectivity index (χ0n) is 12.9. The fourth-order valence-electron chi connectivity index (χ4n) is 3.34. The number of piperidine rings is 1. The van der Waals surface area contributed by atoms with E-state index >= 15 is 0 Å². The third-order valence-electron chi connectivity index (χ3n) is 4.63. The molecule has 122 valence electrons. The van der Waals surface area contributed by atoms with Crippen LogP contribution in [-0.4, -0.2) is 68.4 Å². The molecule has 2 aliphatic heterocycles. The van der Waals surface area contributed by atoms with Gasteiger partial charge in [0, 0.05) is 38.0 Å². The lowest BCUT2D eigenvalue weighted by Gasteiger charge is -2.35. The molecule has 22 heavy (non-hydrogen) atoms. The number of thiazole rings is 1. The van der Waals surface area contributed by atoms with Gasteiger partial charge >= 0.3 is 0 Å². The molecule has 1 amide bonds. The van der Waals surface area contributed by atoms with E-state index in [-0.39, 0.29) is 12.0 Å². The summed E-state index contributed by atoms with van der Waals surface area (Å²) in [6.45, 7) is 5.27. The molecule has 3 heterocycles. The minimum Gasteiger partial charge on any atom is -0.383 e. The highest BCUT2D eigenvalue weighted by molar-refractivity contribution is 7.07. The number of methoxy groups -OCH3 is 1. The number of carbonyl (C=O) groups excluding carboxylic acids is 1. The Morgan fingerprint density at radius 2 is 2.55 bits per heavy atom. The number of hydrogen-bond donors (Lipinski definition) is 1. The minimum absolute atomic E-state index is 0.109. The molecule has 0 aromatic carbocycles. The SMILES string of the molecule is COCCN1CC[C@H]2CO[C@H](CNC(=O)c3cscn3)[C@H]2C1. The molecule has 3 atom stereocenters. The summed E-state index contributed by atoms with van der Waals surface area (Å²) >= 11 is 1.43. The van der Waals surface area contributed by atoms with Crippen molar-refractivity contribution in [2.24, 2.45) is 11.8 Å². The molecule has 2 fully saturated rings. The molecule has 6 nitrogen and oxygen atoms in total. The Kier molecular flexibility index (Phi) is 5.41. The first-order chi connectivity index (χ1) is 10.8. The second kappa shape index (κ2) is 7.50. The van der Waals surface area contributed by atoms with Gasteiger partial charge in [0.15, 0.2) is 0 Å². The maximum Gasteiger partial charge on any atom is 0.270 e. The van der Waals surface area contributed by atoms with Crippen molar-refractivity contribution in [3.05, 3.63) is 16.6 Å². The van der Waals surface area contributed by atoms with Crippen LogP contribution in [0.1, 0.15) is 16.9 Å². The van der Waals surface area contributed by atoms with Crippen LogP contribution >= 0.6 is 11.3 Å². The maximum absolute atomic E-state index is 12.0. The van der Waals surface area contributed by atoms with Crippen LogP contribution in [0.25, 0.3) is 0 Å². The molecule has 0 aliphatic carbocycles. The van der Waals surface area contributed by atoms with Crippen LogP contribution in [0, 0.1) is 11.8 Å². The lowest BCUT2D eigenvalue weighted by atomic mass is 9.84. The van der Waals surface area contributed by atoms with E-state index in [0.29, 0.717) is 24.1 Å². The summed E-state index contributed by atoms with van der Waals surface area (Å²) < 4.78 is 11.1. The van der Waals surface area contributed by atoms with E-state index in [1.165, 1.54) is 17.8 Å². The summed E-state index contributed by atoms with van der Waals surface area (Å²) in [5.41, 5.74) is 2.16. The molecule has 1 aromatic heterocycles. The molecule has 2 aliphatic rings. The van der Waals surface area contributed by atoms with Crippen molar-refractivity contribution < 1.29 is 14.3 Å². The summed E-state index contributed by atoms with van der Waals surface area (Å²) in [5.74, 6) is 1.02. The number of nitrogens with one attached hydrogen (secondary N) is 1. The van der Waals surface area contributed by atoms with Crippen molar-refractivity contribution in [3.63, 3.8) is 0 Å². The normalized spacial score (nSPS) is 28.5. The Hall–Kier alpha value is -1.02. The number of nitrogens with zero attached hydrogens (tertiary/aromatic N) is 2. The van der Waals surface area contributed by atoms with E-state index in [1.807, 2.05) is 0 Å². The second-order valence-corrected chi connectivity index (χ2v) is 6.68. The Morgan fingerprint density at radius 3 is 3.32 bits per heavy atom. The monoisotopic (exact) mass is 325 g/mol. The number of carbonyl (C=O) groups is 1. The second-order valence-electron chi connectivity index (χ2n) is 5.96. The largest absolute Gasteiger partial charge is 0.383 e. The number of rotatable bonds is 6. The summed E-state index contributed by atoms with van der Waals surface area (Å²) in [7, 11) is 1.74. The number of aromatic nitrogens is 1. The highest BCUT2D eigenvalue weighted by Crippen LogP contribution is 2.33. The van der Waals surface area contributed by atoms with Crippen molar-refractivity contribution in [2.45, 2.75) is 12.5 Å². The lowest BCUT2D eigenvalue weighted by molar-refractivity contribution is 0.0623. The fraction of sp³-hybridized carbons (Fsp3) is 0.733. The summed E-state index contributed by atoms with van der Waals surface area (Å²) in [5, 5.41) is 4.72. The highest BCUT2D eigenvalue weighted by atomic mass is 32.1. The standard InChI is InChI=1S/C15H23N3O3S/c1-20-5-4-18-3-2-11-8-21-14(12(11)7-18)6-16-15(19)13-9-22-10-17-13/h9-12,14H,2-8H2,1H3,(H,16,19)/t11-,12-,14+/m0/s1. The van der Waals surface area contributed by atoms with E-state index < -0.39 is 0 Å². The Balaban J connectivity index is 1.50. The smallest absolute Gasteiger partial charge is 0.270 e. The van der Waals surface area contributed by atoms with Crippen molar-refractivity contribution in [1.82, 2.24) is 15.2 Å². The molecule has 1 aromatic rings. The van der Waals surface area contributed by atoms with Gasteiger partial charge in [-0.1, -0.05) is 0 Å². The van der Waals surface area contributed by atoms with Crippen molar-refractivity contribution in [1.29, 1.82) is 0 Å². The molecular formula is C15H23N3O3S. The maximum atomic E-state index is 12.0. The number of ether oxygens (including phenoxy) is 2. The molecule has 3 rings (SSSR count). The Morgan fingerprint density at radius 1 is 1.64 bits per heavy atom. The van der Waals surface area contributed by atoms with Crippen LogP contribution in [0.15, 0.2) is 10.9 Å². The molecule has 0 bridgehead atoms. The lowest BCUT2D eigenvalue weighted by Crippen LogP contribution is -2.46. The zero-order valence-corrected chi connectivity index (χ0v) is 13.7. The Labute approximate surface area is 134 Å². The third kappa shape index (κ3) is 3.65. The molecule has 0 spiro atoms. The summed E-state index contributed by atoms with van der Waals surface area (Å²) in [6, 6.07) is 0. The summed E-state index contributed by atoms with van der Waals surface area (Å²) in [4.78, 5) is 18.5. The van der Waals surface area contributed by atoms with Crippen molar-refractivity contribution >= 4 is 17.2 Å². The van der Waals surface area contributed by atoms with Crippen molar-refractivity contribution in [3.8, 4) is 0 Å². The van der Waals surface area contributed by atoms with Gasteiger partial charge in [-0.15, -0.1) is 11.3 Å². The number of amides is 1. The summed E-state index contributed by atoms with van der Waals surface area (Å²) in [6.07, 6.45) is 1.28. The van der Waals surface area contributed by atoms with E-state index in [4.69, 9.17) is 9.47 Å². The van der Waals surface area contributed by atoms with Crippen LogP contribution in [0.4, 0.5) is 0 Å². The first-order valence-corrected chi connectivity index (χ1v) is 8.71. The van der Waals surface area contributed by atoms with Gasteiger partial charge in [0.2, 0.25) is 0 Å². The quantitative estimate of drug-likeness (QED) is 0.840. The highest BCUT2D eigenvalue weighted by Gasteiger charge is 2.40. The van der Waals surface area contributed by atoms with Gasteiger partial charge < -0.3 is 19.7 Å². The zero-order chi connectivity index (χ0) is 15.4. The Bertz CT molecular complexity index is 482. The fourth-order valence-corrected chi connectivity index (χ4v) is 3.87. The van der Waals surface area contributed by atoms with E-state index in [9.17, 15) is 4.79 Å². The van der Waals surface area contributed by atoms with Gasteiger partial charge in [0.05, 0.1) is 24.8 Å². The number of fused-ring (bicyclic) bond motifs is 1. The number of likely N-dealkylation sites (tertiary alicyclic amines) is 1. The molecular weight excluding hydrogens is 302 g/mol. The van der Waals surface area contributed by atoms with E-state index in [2.05, 4.69) is 15.2 Å². The minimum atomic E-state index is -0.111. The van der Waals surface area contributed by atoms with E-state index in [1.54, 1.807) is 18.0 Å². The van der Waals surface area contributed by atoms with Crippen LogP contribution < -0.4 is 5.32 Å². The molecule has 2 saturated heterocycles. The molecule has 0 unspecified atom stereocenters. The van der Waals surface area contributed by atoms with E-state index in [0.717, 1.165) is 32.8 Å². The first-order valence-electron chi connectivity index (χ1n) is 7.77. The number of hydrogen-bond acceptors (Lipinski definition) is 6. The van der Waals surface area contributed by atoms with Crippen LogP contribution in [0.3, 0.4) is 0 Å². The van der Waals surface area contributed by atoms with Crippen LogP contribution in [-0.2, 0) is 9.47 Å². The molecule has 0 radical (unpaired) electrons. The van der Waals surface area contributed by atoms with Gasteiger partial charge in [-0.05, 0) is 18.9 Å². The van der Waals surface area contributed by atoms with Crippen molar-refractivity contribution in [2.75, 3.05) is 46.5 Å². The average molecular weight is 325 g/mol. The van der Waals surface area contributed by atoms with Crippen LogP contribution in [0.2, 0.25) is 0 Å². The molecule has 0 saturated carbocycles. The van der Waals surface area contributed by atoms with Gasteiger partial charge in [0.1, 0.15) is 5.69 Å². The van der Waals surface area contributed by atoms with Gasteiger partial charge in [0.25, 0.3) is 5.91 Å². The molecule has 7 heteroatoms. The van der Waals surface area contributed by atoms with Gasteiger partial charge in [-0.25, -0.2) is 4.98 Å². The predicted molar refractivity (Wildman–Crippen MR) is 84.1 cm³/mol.